The van der Waals surface area contributed by atoms with Gasteiger partial charge in [0, 0.05) is 32.0 Å². The van der Waals surface area contributed by atoms with E-state index >= 15 is 0 Å². The van der Waals surface area contributed by atoms with Gasteiger partial charge < -0.3 is 15.5 Å². The molecule has 1 saturated heterocycles. The molecule has 2 N–H and O–H groups in total. The van der Waals surface area contributed by atoms with Gasteiger partial charge in [-0.05, 0) is 38.4 Å². The summed E-state index contributed by atoms with van der Waals surface area (Å²) in [4.78, 5) is 18.7. The highest BCUT2D eigenvalue weighted by molar-refractivity contribution is 5.99. The maximum absolute atomic E-state index is 12.2. The van der Waals surface area contributed by atoms with Gasteiger partial charge in [0.25, 0.3) is 5.91 Å². The third-order valence-corrected chi connectivity index (χ3v) is 3.80. The normalized spacial score (nSPS) is 19.0. The Morgan fingerprint density at radius 3 is 3.05 bits per heavy atom. The van der Waals surface area contributed by atoms with Crippen molar-refractivity contribution >= 4 is 11.6 Å². The zero-order chi connectivity index (χ0) is 14.4. The summed E-state index contributed by atoms with van der Waals surface area (Å²) in [6, 6.07) is 1.84. The second-order valence-electron chi connectivity index (χ2n) is 5.21. The van der Waals surface area contributed by atoms with E-state index in [1.807, 2.05) is 13.0 Å². The van der Waals surface area contributed by atoms with Gasteiger partial charge >= 0.3 is 0 Å². The lowest BCUT2D eigenvalue weighted by molar-refractivity contribution is 0.0948. The molecule has 2 rings (SSSR count). The van der Waals surface area contributed by atoms with Crippen molar-refractivity contribution in [1.82, 2.24) is 15.2 Å². The Hall–Kier alpha value is -1.62. The van der Waals surface area contributed by atoms with E-state index < -0.39 is 0 Å². The van der Waals surface area contributed by atoms with Crippen molar-refractivity contribution < 1.29 is 4.79 Å². The first kappa shape index (κ1) is 14.8. The summed E-state index contributed by atoms with van der Waals surface area (Å²) in [6.07, 6.45) is 4.49. The minimum absolute atomic E-state index is 0.0380. The summed E-state index contributed by atoms with van der Waals surface area (Å²) in [5.41, 5.74) is 1.47. The molecule has 1 amide bonds. The second kappa shape index (κ2) is 7.24. The Balaban J connectivity index is 1.89. The van der Waals surface area contributed by atoms with Crippen LogP contribution in [0.4, 0.5) is 5.69 Å². The number of likely N-dealkylation sites (tertiary alicyclic amines) is 1. The summed E-state index contributed by atoms with van der Waals surface area (Å²) in [6.45, 7) is 9.06. The average molecular weight is 276 g/mol. The number of carbonyl (C=O) groups is 1. The van der Waals surface area contributed by atoms with Crippen LogP contribution < -0.4 is 10.6 Å². The van der Waals surface area contributed by atoms with Crippen LogP contribution in [0.1, 0.15) is 30.6 Å². The monoisotopic (exact) mass is 276 g/mol. The number of pyridine rings is 1. The van der Waals surface area contributed by atoms with Crippen molar-refractivity contribution in [2.24, 2.45) is 5.92 Å². The molecule has 0 saturated carbocycles. The predicted molar refractivity (Wildman–Crippen MR) is 81.0 cm³/mol. The average Bonchev–Trinajstić information content (AvgIpc) is 2.94. The fraction of sp³-hybridized carbons (Fsp3) is 0.600. The van der Waals surface area contributed by atoms with E-state index in [9.17, 15) is 4.79 Å². The van der Waals surface area contributed by atoms with Crippen LogP contribution >= 0.6 is 0 Å². The number of hydrogen-bond acceptors (Lipinski definition) is 4. The summed E-state index contributed by atoms with van der Waals surface area (Å²) >= 11 is 0. The number of aromatic nitrogens is 1. The Labute approximate surface area is 120 Å². The lowest BCUT2D eigenvalue weighted by Crippen LogP contribution is -2.31. The first-order valence-electron chi connectivity index (χ1n) is 7.43. The van der Waals surface area contributed by atoms with Crippen molar-refractivity contribution in [3.05, 3.63) is 24.0 Å². The molecule has 2 heterocycles. The van der Waals surface area contributed by atoms with Gasteiger partial charge in [0.05, 0.1) is 11.3 Å². The number of hydrogen-bond donors (Lipinski definition) is 2. The molecule has 1 fully saturated rings. The summed E-state index contributed by atoms with van der Waals surface area (Å²) in [5.74, 6) is 0.530. The minimum atomic E-state index is -0.0380. The fourth-order valence-electron chi connectivity index (χ4n) is 2.62. The van der Waals surface area contributed by atoms with Crippen molar-refractivity contribution in [3.63, 3.8) is 0 Å². The van der Waals surface area contributed by atoms with Gasteiger partial charge in [-0.1, -0.05) is 6.92 Å². The number of nitrogens with zero attached hydrogens (tertiary/aromatic N) is 2. The third-order valence-electron chi connectivity index (χ3n) is 3.80. The van der Waals surface area contributed by atoms with Crippen LogP contribution in [0, 0.1) is 5.92 Å². The molecule has 0 aliphatic carbocycles. The van der Waals surface area contributed by atoms with Gasteiger partial charge in [-0.15, -0.1) is 0 Å². The Morgan fingerprint density at radius 2 is 2.35 bits per heavy atom. The molecule has 0 bridgehead atoms. The molecule has 0 radical (unpaired) electrons. The largest absolute Gasteiger partial charge is 0.385 e. The van der Waals surface area contributed by atoms with E-state index in [2.05, 4.69) is 27.4 Å². The van der Waals surface area contributed by atoms with Gasteiger partial charge in [0.15, 0.2) is 0 Å². The van der Waals surface area contributed by atoms with Crippen LogP contribution in [0.25, 0.3) is 0 Å². The molecule has 20 heavy (non-hydrogen) atoms. The summed E-state index contributed by atoms with van der Waals surface area (Å²) in [5, 5.41) is 6.23. The van der Waals surface area contributed by atoms with Crippen LogP contribution in [0.3, 0.4) is 0 Å². The van der Waals surface area contributed by atoms with Gasteiger partial charge in [0.1, 0.15) is 0 Å². The molecule has 1 unspecified atom stereocenters. The quantitative estimate of drug-likeness (QED) is 0.828. The molecule has 1 aliphatic rings. The molecule has 0 aromatic carbocycles. The molecule has 110 valence electrons. The Kier molecular flexibility index (Phi) is 5.35. The van der Waals surface area contributed by atoms with Crippen LogP contribution in [-0.2, 0) is 0 Å². The number of rotatable bonds is 6. The van der Waals surface area contributed by atoms with Crippen molar-refractivity contribution in [3.8, 4) is 0 Å². The van der Waals surface area contributed by atoms with E-state index in [1.165, 1.54) is 6.42 Å². The smallest absolute Gasteiger partial charge is 0.254 e. The van der Waals surface area contributed by atoms with E-state index in [-0.39, 0.29) is 5.91 Å². The lowest BCUT2D eigenvalue weighted by Gasteiger charge is -2.15. The molecule has 1 atom stereocenters. The number of nitrogens with one attached hydrogen (secondary N) is 2. The first-order chi connectivity index (χ1) is 9.74. The zero-order valence-electron chi connectivity index (χ0n) is 12.4. The minimum Gasteiger partial charge on any atom is -0.385 e. The van der Waals surface area contributed by atoms with Gasteiger partial charge in [-0.3, -0.25) is 9.78 Å². The first-order valence-corrected chi connectivity index (χ1v) is 7.43. The Bertz CT molecular complexity index is 449. The van der Waals surface area contributed by atoms with Crippen LogP contribution in [0.5, 0.6) is 0 Å². The highest BCUT2D eigenvalue weighted by atomic mass is 16.1. The van der Waals surface area contributed by atoms with Crippen molar-refractivity contribution in [2.45, 2.75) is 20.3 Å². The van der Waals surface area contributed by atoms with E-state index in [4.69, 9.17) is 0 Å². The van der Waals surface area contributed by atoms with Gasteiger partial charge in [-0.25, -0.2) is 0 Å². The van der Waals surface area contributed by atoms with E-state index in [1.54, 1.807) is 12.4 Å². The van der Waals surface area contributed by atoms with Crippen LogP contribution in [0.15, 0.2) is 18.5 Å². The number of anilines is 1. The highest BCUT2D eigenvalue weighted by Gasteiger charge is 2.22. The maximum Gasteiger partial charge on any atom is 0.254 e. The van der Waals surface area contributed by atoms with E-state index in [0.29, 0.717) is 11.5 Å². The highest BCUT2D eigenvalue weighted by Crippen LogP contribution is 2.16. The fourth-order valence-corrected chi connectivity index (χ4v) is 2.62. The van der Waals surface area contributed by atoms with Crippen LogP contribution in [-0.4, -0.2) is 48.5 Å². The van der Waals surface area contributed by atoms with Gasteiger partial charge in [-0.2, -0.15) is 0 Å². The van der Waals surface area contributed by atoms with Crippen molar-refractivity contribution in [1.29, 1.82) is 0 Å². The second-order valence-corrected chi connectivity index (χ2v) is 5.21. The zero-order valence-corrected chi connectivity index (χ0v) is 12.4. The maximum atomic E-state index is 12.2. The lowest BCUT2D eigenvalue weighted by atomic mass is 10.1. The summed E-state index contributed by atoms with van der Waals surface area (Å²) < 4.78 is 0. The topological polar surface area (TPSA) is 57.3 Å². The molecule has 0 spiro atoms. The predicted octanol–water partition coefficient (Wildman–Crippen LogP) is 1.58. The standard InChI is InChI=1S/C15H24N4O/c1-3-17-14-5-7-16-10-13(14)15(20)18-9-12-6-8-19(4-2)11-12/h5,7,10,12H,3-4,6,8-9,11H2,1-2H3,(H,16,17)(H,18,20). The molecule has 5 heteroatoms. The van der Waals surface area contributed by atoms with E-state index in [0.717, 1.165) is 38.4 Å². The molecular weight excluding hydrogens is 252 g/mol. The molecular formula is C15H24N4O. The molecule has 1 aromatic rings. The molecule has 1 aliphatic heterocycles. The molecule has 5 nitrogen and oxygen atoms in total. The number of amides is 1. The van der Waals surface area contributed by atoms with Crippen LogP contribution in [0.2, 0.25) is 0 Å². The van der Waals surface area contributed by atoms with Crippen molar-refractivity contribution in [2.75, 3.05) is 38.0 Å². The molecule has 1 aromatic heterocycles. The number of carbonyl (C=O) groups excluding carboxylic acids is 1. The Morgan fingerprint density at radius 1 is 1.50 bits per heavy atom. The van der Waals surface area contributed by atoms with Gasteiger partial charge in [0.2, 0.25) is 0 Å². The summed E-state index contributed by atoms with van der Waals surface area (Å²) in [7, 11) is 0. The third kappa shape index (κ3) is 3.70. The SMILES string of the molecule is CCNc1ccncc1C(=O)NCC1CCN(CC)C1.